The average Bonchev–Trinajstić information content (AvgIpc) is 2.93. The number of amides is 1. The van der Waals surface area contributed by atoms with Crippen molar-refractivity contribution in [2.75, 3.05) is 0 Å². The van der Waals surface area contributed by atoms with Gasteiger partial charge in [-0.1, -0.05) is 13.8 Å². The van der Waals surface area contributed by atoms with Crippen LogP contribution in [-0.2, 0) is 7.05 Å². The number of hydrogen-bond donors (Lipinski definition) is 2. The molecule has 0 aliphatic carbocycles. The molecule has 3 rings (SSSR count). The lowest BCUT2D eigenvalue weighted by Gasteiger charge is -2.29. The van der Waals surface area contributed by atoms with E-state index in [-0.39, 0.29) is 18.3 Å². The minimum absolute atomic E-state index is 0. The van der Waals surface area contributed by atoms with Gasteiger partial charge in [0.05, 0.1) is 0 Å². The van der Waals surface area contributed by atoms with Gasteiger partial charge in [0.15, 0.2) is 0 Å². The lowest BCUT2D eigenvalue weighted by molar-refractivity contribution is 0.0918. The SMILES string of the molecule is CC(C)c1cc(C(=O)NC2CC3CCC(C2)N3)nn1C.Cl. The smallest absolute Gasteiger partial charge is 0.272 e. The zero-order valence-electron chi connectivity index (χ0n) is 12.9. The van der Waals surface area contributed by atoms with Crippen LogP contribution in [0.15, 0.2) is 6.07 Å². The van der Waals surface area contributed by atoms with Crippen molar-refractivity contribution in [3.05, 3.63) is 17.5 Å². The molecule has 1 aromatic rings. The summed E-state index contributed by atoms with van der Waals surface area (Å²) < 4.78 is 1.81. The molecule has 2 aliphatic heterocycles. The van der Waals surface area contributed by atoms with Crippen molar-refractivity contribution in [1.82, 2.24) is 20.4 Å². The number of carbonyl (C=O) groups is 1. The molecule has 2 bridgehead atoms. The standard InChI is InChI=1S/C15H24N4O.ClH/c1-9(2)14-8-13(18-19(14)3)15(20)17-12-6-10-4-5-11(7-12)16-10;/h8-12,16H,4-7H2,1-3H3,(H,17,20);1H. The Bertz CT molecular complexity index is 502. The molecule has 5 nitrogen and oxygen atoms in total. The van der Waals surface area contributed by atoms with Gasteiger partial charge in [-0.3, -0.25) is 9.48 Å². The first kappa shape index (κ1) is 16.3. The first-order valence-corrected chi connectivity index (χ1v) is 7.63. The highest BCUT2D eigenvalue weighted by atomic mass is 35.5. The van der Waals surface area contributed by atoms with Gasteiger partial charge in [0.1, 0.15) is 5.69 Å². The maximum absolute atomic E-state index is 12.3. The Labute approximate surface area is 132 Å². The molecule has 1 aromatic heterocycles. The molecule has 0 aromatic carbocycles. The Morgan fingerprint density at radius 2 is 2.00 bits per heavy atom. The minimum Gasteiger partial charge on any atom is -0.348 e. The quantitative estimate of drug-likeness (QED) is 0.897. The highest BCUT2D eigenvalue weighted by Gasteiger charge is 2.34. The van der Waals surface area contributed by atoms with Gasteiger partial charge < -0.3 is 10.6 Å². The molecule has 2 saturated heterocycles. The third-order valence-electron chi connectivity index (χ3n) is 4.55. The van der Waals surface area contributed by atoms with Crippen LogP contribution >= 0.6 is 12.4 Å². The van der Waals surface area contributed by atoms with Gasteiger partial charge in [-0.2, -0.15) is 5.10 Å². The number of fused-ring (bicyclic) bond motifs is 2. The lowest BCUT2D eigenvalue weighted by atomic mass is 9.99. The number of halogens is 1. The summed E-state index contributed by atoms with van der Waals surface area (Å²) in [6.45, 7) is 4.23. The number of hydrogen-bond acceptors (Lipinski definition) is 3. The lowest BCUT2D eigenvalue weighted by Crippen LogP contribution is -2.48. The van der Waals surface area contributed by atoms with Crippen molar-refractivity contribution in [3.63, 3.8) is 0 Å². The number of carbonyl (C=O) groups excluding carboxylic acids is 1. The van der Waals surface area contributed by atoms with E-state index in [0.717, 1.165) is 18.5 Å². The summed E-state index contributed by atoms with van der Waals surface area (Å²) in [7, 11) is 1.90. The Balaban J connectivity index is 0.00000161. The number of nitrogens with one attached hydrogen (secondary N) is 2. The van der Waals surface area contributed by atoms with Crippen molar-refractivity contribution in [2.45, 2.75) is 63.6 Å². The van der Waals surface area contributed by atoms with Crippen molar-refractivity contribution in [3.8, 4) is 0 Å². The first-order chi connectivity index (χ1) is 9.52. The second kappa shape index (κ2) is 6.36. The van der Waals surface area contributed by atoms with Gasteiger partial charge in [0, 0.05) is 30.9 Å². The van der Waals surface area contributed by atoms with Crippen molar-refractivity contribution < 1.29 is 4.79 Å². The van der Waals surface area contributed by atoms with E-state index in [0.29, 0.717) is 29.7 Å². The molecule has 1 amide bonds. The van der Waals surface area contributed by atoms with Gasteiger partial charge in [0.2, 0.25) is 0 Å². The highest BCUT2D eigenvalue weighted by molar-refractivity contribution is 5.92. The van der Waals surface area contributed by atoms with Crippen LogP contribution in [0.5, 0.6) is 0 Å². The summed E-state index contributed by atoms with van der Waals surface area (Å²) in [6, 6.07) is 3.39. The monoisotopic (exact) mass is 312 g/mol. The molecule has 2 unspecified atom stereocenters. The summed E-state index contributed by atoms with van der Waals surface area (Å²) in [6.07, 6.45) is 4.59. The maximum atomic E-state index is 12.3. The molecule has 2 fully saturated rings. The fourth-order valence-electron chi connectivity index (χ4n) is 3.57. The molecule has 21 heavy (non-hydrogen) atoms. The third kappa shape index (κ3) is 3.40. The van der Waals surface area contributed by atoms with E-state index in [4.69, 9.17) is 0 Å². The van der Waals surface area contributed by atoms with Crippen LogP contribution in [0.4, 0.5) is 0 Å². The largest absolute Gasteiger partial charge is 0.348 e. The highest BCUT2D eigenvalue weighted by Crippen LogP contribution is 2.27. The number of piperidine rings is 1. The molecule has 2 N–H and O–H groups in total. The van der Waals surface area contributed by atoms with Gasteiger partial charge in [-0.15, -0.1) is 12.4 Å². The van der Waals surface area contributed by atoms with Crippen LogP contribution in [0.2, 0.25) is 0 Å². The van der Waals surface area contributed by atoms with Crippen LogP contribution in [0.1, 0.15) is 61.6 Å². The number of aryl methyl sites for hydroxylation is 1. The molecule has 0 spiro atoms. The fourth-order valence-corrected chi connectivity index (χ4v) is 3.57. The van der Waals surface area contributed by atoms with E-state index in [1.165, 1.54) is 12.8 Å². The van der Waals surface area contributed by atoms with E-state index >= 15 is 0 Å². The van der Waals surface area contributed by atoms with E-state index in [2.05, 4.69) is 29.6 Å². The Morgan fingerprint density at radius 3 is 2.52 bits per heavy atom. The number of nitrogens with zero attached hydrogens (tertiary/aromatic N) is 2. The molecular weight excluding hydrogens is 288 g/mol. The van der Waals surface area contributed by atoms with Crippen LogP contribution in [0.3, 0.4) is 0 Å². The topological polar surface area (TPSA) is 59.0 Å². The van der Waals surface area contributed by atoms with E-state index in [1.54, 1.807) is 0 Å². The molecule has 0 radical (unpaired) electrons. The molecule has 2 aliphatic rings. The van der Waals surface area contributed by atoms with Gasteiger partial charge in [-0.25, -0.2) is 0 Å². The van der Waals surface area contributed by atoms with E-state index in [9.17, 15) is 4.79 Å². The third-order valence-corrected chi connectivity index (χ3v) is 4.55. The summed E-state index contributed by atoms with van der Waals surface area (Å²) in [5.41, 5.74) is 1.64. The molecule has 118 valence electrons. The zero-order valence-corrected chi connectivity index (χ0v) is 13.7. The second-order valence-corrected chi connectivity index (χ2v) is 6.51. The molecule has 6 heteroatoms. The van der Waals surface area contributed by atoms with Crippen LogP contribution in [-0.4, -0.2) is 33.8 Å². The van der Waals surface area contributed by atoms with Crippen LogP contribution < -0.4 is 10.6 Å². The zero-order chi connectivity index (χ0) is 14.3. The van der Waals surface area contributed by atoms with Gasteiger partial charge in [0.25, 0.3) is 5.91 Å². The van der Waals surface area contributed by atoms with Crippen molar-refractivity contribution in [2.24, 2.45) is 7.05 Å². The molecule has 0 saturated carbocycles. The average molecular weight is 313 g/mol. The summed E-state index contributed by atoms with van der Waals surface area (Å²) in [5, 5.41) is 11.1. The van der Waals surface area contributed by atoms with Gasteiger partial charge in [-0.05, 0) is 37.7 Å². The minimum atomic E-state index is -0.0289. The van der Waals surface area contributed by atoms with Crippen LogP contribution in [0, 0.1) is 0 Å². The van der Waals surface area contributed by atoms with Crippen molar-refractivity contribution >= 4 is 18.3 Å². The Morgan fingerprint density at radius 1 is 1.38 bits per heavy atom. The summed E-state index contributed by atoms with van der Waals surface area (Å²) in [4.78, 5) is 12.3. The molecule has 2 atom stereocenters. The summed E-state index contributed by atoms with van der Waals surface area (Å²) >= 11 is 0. The second-order valence-electron chi connectivity index (χ2n) is 6.51. The number of aromatic nitrogens is 2. The van der Waals surface area contributed by atoms with Gasteiger partial charge >= 0.3 is 0 Å². The first-order valence-electron chi connectivity index (χ1n) is 7.63. The fraction of sp³-hybridized carbons (Fsp3) is 0.733. The van der Waals surface area contributed by atoms with Crippen LogP contribution in [0.25, 0.3) is 0 Å². The molecule has 3 heterocycles. The summed E-state index contributed by atoms with van der Waals surface area (Å²) in [5.74, 6) is 0.350. The van der Waals surface area contributed by atoms with E-state index in [1.807, 2.05) is 17.8 Å². The maximum Gasteiger partial charge on any atom is 0.272 e. The molecular formula is C15H25ClN4O. The van der Waals surface area contributed by atoms with Crippen molar-refractivity contribution in [1.29, 1.82) is 0 Å². The number of rotatable bonds is 3. The predicted octanol–water partition coefficient (Wildman–Crippen LogP) is 1.98. The van der Waals surface area contributed by atoms with E-state index < -0.39 is 0 Å². The Kier molecular flexibility index (Phi) is 4.94. The normalized spacial score (nSPS) is 27.5. The Hall–Kier alpha value is -1.07. The predicted molar refractivity (Wildman–Crippen MR) is 85.0 cm³/mol.